The van der Waals surface area contributed by atoms with Crippen LogP contribution in [0.5, 0.6) is 0 Å². The Hall–Kier alpha value is -2.00. The van der Waals surface area contributed by atoms with Crippen molar-refractivity contribution in [2.75, 3.05) is 6.54 Å². The van der Waals surface area contributed by atoms with Gasteiger partial charge < -0.3 is 10.6 Å². The Morgan fingerprint density at radius 3 is 2.72 bits per heavy atom. The van der Waals surface area contributed by atoms with E-state index in [9.17, 15) is 4.79 Å². The second-order valence-corrected chi connectivity index (χ2v) is 7.17. The molecule has 1 atom stereocenters. The van der Waals surface area contributed by atoms with Gasteiger partial charge in [0, 0.05) is 11.6 Å². The second kappa shape index (κ2) is 8.39. The zero-order valence-corrected chi connectivity index (χ0v) is 15.4. The Labute approximate surface area is 154 Å². The van der Waals surface area contributed by atoms with Crippen molar-refractivity contribution in [3.63, 3.8) is 0 Å². The van der Waals surface area contributed by atoms with Gasteiger partial charge in [-0.05, 0) is 73.4 Å². The van der Waals surface area contributed by atoms with Crippen LogP contribution < -0.4 is 10.6 Å². The highest BCUT2D eigenvalue weighted by Crippen LogP contribution is 2.24. The molecule has 0 spiro atoms. The Balaban J connectivity index is 1.49. The maximum atomic E-state index is 12.1. The third-order valence-electron chi connectivity index (χ3n) is 4.81. The highest BCUT2D eigenvalue weighted by molar-refractivity contribution is 6.30. The molecule has 4 heteroatoms. The summed E-state index contributed by atoms with van der Waals surface area (Å²) >= 11 is 5.97. The predicted molar refractivity (Wildman–Crippen MR) is 103 cm³/mol. The first-order valence-corrected chi connectivity index (χ1v) is 9.40. The third-order valence-corrected chi connectivity index (χ3v) is 5.04. The van der Waals surface area contributed by atoms with E-state index >= 15 is 0 Å². The Morgan fingerprint density at radius 1 is 1.12 bits per heavy atom. The molecule has 3 rings (SSSR count). The van der Waals surface area contributed by atoms with Gasteiger partial charge >= 0.3 is 6.03 Å². The summed E-state index contributed by atoms with van der Waals surface area (Å²) in [6, 6.07) is 14.2. The molecular formula is C21H25ClN2O. The van der Waals surface area contributed by atoms with Crippen molar-refractivity contribution in [3.05, 3.63) is 69.7 Å². The van der Waals surface area contributed by atoms with E-state index in [0.29, 0.717) is 6.54 Å². The van der Waals surface area contributed by atoms with Gasteiger partial charge in [0.2, 0.25) is 0 Å². The fourth-order valence-electron chi connectivity index (χ4n) is 3.37. The number of benzene rings is 2. The molecule has 132 valence electrons. The van der Waals surface area contributed by atoms with Crippen LogP contribution in [0.2, 0.25) is 5.02 Å². The normalized spacial score (nSPS) is 14.5. The van der Waals surface area contributed by atoms with Crippen LogP contribution in [0.3, 0.4) is 0 Å². The number of carbonyl (C=O) groups excluding carboxylic acids is 1. The Morgan fingerprint density at radius 2 is 1.92 bits per heavy atom. The van der Waals surface area contributed by atoms with Gasteiger partial charge in [-0.25, -0.2) is 4.79 Å². The van der Waals surface area contributed by atoms with E-state index < -0.39 is 0 Å². The third kappa shape index (κ3) is 4.99. The van der Waals surface area contributed by atoms with Crippen molar-refractivity contribution in [2.45, 2.75) is 45.1 Å². The van der Waals surface area contributed by atoms with Gasteiger partial charge in [-0.3, -0.25) is 0 Å². The summed E-state index contributed by atoms with van der Waals surface area (Å²) in [7, 11) is 0. The first-order chi connectivity index (χ1) is 12.1. The molecule has 0 aliphatic heterocycles. The molecule has 3 nitrogen and oxygen atoms in total. The molecule has 1 aliphatic rings. The molecule has 2 N–H and O–H groups in total. The average molecular weight is 357 g/mol. The number of aryl methyl sites for hydroxylation is 2. The zero-order valence-electron chi connectivity index (χ0n) is 14.6. The van der Waals surface area contributed by atoms with Crippen molar-refractivity contribution in [1.29, 1.82) is 0 Å². The summed E-state index contributed by atoms with van der Waals surface area (Å²) in [6.45, 7) is 2.62. The Kier molecular flexibility index (Phi) is 5.98. The van der Waals surface area contributed by atoms with E-state index in [1.165, 1.54) is 36.0 Å². The van der Waals surface area contributed by atoms with Gasteiger partial charge in [0.1, 0.15) is 0 Å². The highest BCUT2D eigenvalue weighted by Gasteiger charge is 2.13. The Bertz CT molecular complexity index is 744. The first-order valence-electron chi connectivity index (χ1n) is 9.02. The van der Waals surface area contributed by atoms with Gasteiger partial charge in [0.15, 0.2) is 0 Å². The van der Waals surface area contributed by atoms with E-state index in [1.54, 1.807) is 0 Å². The SMILES string of the molecule is CC(NC(=O)NCCc1cccc(Cl)c1)c1ccc2c(c1)CCCC2. The fourth-order valence-corrected chi connectivity index (χ4v) is 3.58. The summed E-state index contributed by atoms with van der Waals surface area (Å²) in [5.41, 5.74) is 5.20. The van der Waals surface area contributed by atoms with E-state index in [2.05, 4.69) is 28.8 Å². The maximum Gasteiger partial charge on any atom is 0.315 e. The molecule has 0 radical (unpaired) electrons. The number of rotatable bonds is 5. The lowest BCUT2D eigenvalue weighted by Crippen LogP contribution is -2.38. The average Bonchev–Trinajstić information content (AvgIpc) is 2.61. The molecule has 0 saturated heterocycles. The quantitative estimate of drug-likeness (QED) is 0.792. The standard InChI is InChI=1S/C21H25ClN2O/c1-15(18-10-9-17-6-2-3-7-19(17)14-18)24-21(25)23-12-11-16-5-4-8-20(22)13-16/h4-5,8-10,13-15H,2-3,6-7,11-12H2,1H3,(H2,23,24,25). The number of carbonyl (C=O) groups is 1. The topological polar surface area (TPSA) is 41.1 Å². The number of amides is 2. The lowest BCUT2D eigenvalue weighted by Gasteiger charge is -2.20. The van der Waals surface area contributed by atoms with Crippen molar-refractivity contribution in [3.8, 4) is 0 Å². The monoisotopic (exact) mass is 356 g/mol. The van der Waals surface area contributed by atoms with Crippen LogP contribution in [-0.4, -0.2) is 12.6 Å². The molecule has 2 aromatic carbocycles. The van der Waals surface area contributed by atoms with Crippen LogP contribution in [0.25, 0.3) is 0 Å². The van der Waals surface area contributed by atoms with E-state index in [4.69, 9.17) is 11.6 Å². The summed E-state index contributed by atoms with van der Waals surface area (Å²) < 4.78 is 0. The summed E-state index contributed by atoms with van der Waals surface area (Å²) in [4.78, 5) is 12.1. The summed E-state index contributed by atoms with van der Waals surface area (Å²) in [6.07, 6.45) is 5.65. The van der Waals surface area contributed by atoms with Crippen molar-refractivity contribution < 1.29 is 4.79 Å². The smallest absolute Gasteiger partial charge is 0.315 e. The number of urea groups is 1. The summed E-state index contributed by atoms with van der Waals surface area (Å²) in [5.74, 6) is 0. The molecule has 0 fully saturated rings. The van der Waals surface area contributed by atoms with Crippen LogP contribution in [0, 0.1) is 0 Å². The van der Waals surface area contributed by atoms with Crippen LogP contribution in [0.1, 0.15) is 48.1 Å². The number of hydrogen-bond acceptors (Lipinski definition) is 1. The number of fused-ring (bicyclic) bond motifs is 1. The second-order valence-electron chi connectivity index (χ2n) is 6.74. The highest BCUT2D eigenvalue weighted by atomic mass is 35.5. The molecular weight excluding hydrogens is 332 g/mol. The lowest BCUT2D eigenvalue weighted by atomic mass is 9.89. The molecule has 2 aromatic rings. The minimum Gasteiger partial charge on any atom is -0.338 e. The predicted octanol–water partition coefficient (Wildman–Crippen LogP) is 4.82. The summed E-state index contributed by atoms with van der Waals surface area (Å²) in [5, 5.41) is 6.67. The van der Waals surface area contributed by atoms with E-state index in [1.807, 2.05) is 31.2 Å². The van der Waals surface area contributed by atoms with Gasteiger partial charge in [0.05, 0.1) is 6.04 Å². The van der Waals surface area contributed by atoms with Crippen molar-refractivity contribution in [1.82, 2.24) is 10.6 Å². The minimum absolute atomic E-state index is 0.00148. The van der Waals surface area contributed by atoms with Crippen LogP contribution in [0.4, 0.5) is 4.79 Å². The molecule has 0 bridgehead atoms. The molecule has 25 heavy (non-hydrogen) atoms. The number of hydrogen-bond donors (Lipinski definition) is 2. The fraction of sp³-hybridized carbons (Fsp3) is 0.381. The molecule has 1 aliphatic carbocycles. The maximum absolute atomic E-state index is 12.1. The molecule has 1 unspecified atom stereocenters. The minimum atomic E-state index is -0.132. The molecule has 0 heterocycles. The van der Waals surface area contributed by atoms with Crippen molar-refractivity contribution in [2.24, 2.45) is 0 Å². The van der Waals surface area contributed by atoms with Gasteiger partial charge in [-0.15, -0.1) is 0 Å². The van der Waals surface area contributed by atoms with Crippen LogP contribution in [-0.2, 0) is 19.3 Å². The lowest BCUT2D eigenvalue weighted by molar-refractivity contribution is 0.238. The molecule has 0 saturated carbocycles. The zero-order chi connectivity index (χ0) is 17.6. The van der Waals surface area contributed by atoms with E-state index in [0.717, 1.165) is 23.4 Å². The largest absolute Gasteiger partial charge is 0.338 e. The molecule has 2 amide bonds. The van der Waals surface area contributed by atoms with Gasteiger partial charge in [-0.1, -0.05) is 41.9 Å². The first kappa shape index (κ1) is 17.8. The van der Waals surface area contributed by atoms with Gasteiger partial charge in [-0.2, -0.15) is 0 Å². The molecule has 0 aromatic heterocycles. The van der Waals surface area contributed by atoms with Crippen molar-refractivity contribution >= 4 is 17.6 Å². The van der Waals surface area contributed by atoms with E-state index in [-0.39, 0.29) is 12.1 Å². The number of nitrogens with one attached hydrogen (secondary N) is 2. The van der Waals surface area contributed by atoms with Gasteiger partial charge in [0.25, 0.3) is 0 Å². The number of halogens is 1. The van der Waals surface area contributed by atoms with Crippen LogP contribution >= 0.6 is 11.6 Å². The van der Waals surface area contributed by atoms with Crippen LogP contribution in [0.15, 0.2) is 42.5 Å².